The number of pyridine rings is 1. The van der Waals surface area contributed by atoms with Crippen LogP contribution in [0.3, 0.4) is 0 Å². The number of fused-ring (bicyclic) bond motifs is 1. The maximum absolute atomic E-state index is 12.4. The molecular weight excluding hydrogens is 392 g/mol. The van der Waals surface area contributed by atoms with E-state index in [1.165, 1.54) is 0 Å². The van der Waals surface area contributed by atoms with Gasteiger partial charge in [-0.05, 0) is 49.7 Å². The summed E-state index contributed by atoms with van der Waals surface area (Å²) >= 11 is 0. The molecule has 0 aliphatic heterocycles. The number of nitrogens with zero attached hydrogens (tertiary/aromatic N) is 5. The Balaban J connectivity index is 1.32. The Hall–Kier alpha value is -4.14. The fourth-order valence-electron chi connectivity index (χ4n) is 3.03. The third-order valence-corrected chi connectivity index (χ3v) is 4.46. The molecule has 0 bridgehead atoms. The van der Waals surface area contributed by atoms with Crippen LogP contribution in [0, 0.1) is 13.8 Å². The second-order valence-electron chi connectivity index (χ2n) is 6.97. The molecular formula is C22H22N8O. The number of aryl methyl sites for hydroxylation is 2. The van der Waals surface area contributed by atoms with E-state index in [1.807, 2.05) is 26.0 Å². The van der Waals surface area contributed by atoms with E-state index >= 15 is 0 Å². The fourth-order valence-corrected chi connectivity index (χ4v) is 3.03. The van der Waals surface area contributed by atoms with Crippen LogP contribution in [0.2, 0.25) is 0 Å². The lowest BCUT2D eigenvalue weighted by molar-refractivity contribution is 0.0955. The van der Waals surface area contributed by atoms with E-state index in [4.69, 9.17) is 0 Å². The number of hydrogen-bond acceptors (Lipinski definition) is 8. The second kappa shape index (κ2) is 9.12. The van der Waals surface area contributed by atoms with Crippen molar-refractivity contribution in [1.82, 2.24) is 30.2 Å². The van der Waals surface area contributed by atoms with Gasteiger partial charge in [-0.15, -0.1) is 0 Å². The molecule has 0 radical (unpaired) electrons. The molecule has 0 fully saturated rings. The normalized spacial score (nSPS) is 10.6. The first-order chi connectivity index (χ1) is 15.1. The minimum absolute atomic E-state index is 0.166. The average molecular weight is 414 g/mol. The Labute approximate surface area is 179 Å². The Bertz CT molecular complexity index is 1230. The minimum atomic E-state index is -0.166. The zero-order valence-corrected chi connectivity index (χ0v) is 17.3. The number of amides is 1. The Morgan fingerprint density at radius 2 is 1.61 bits per heavy atom. The maximum Gasteiger partial charge on any atom is 0.251 e. The van der Waals surface area contributed by atoms with E-state index in [2.05, 4.69) is 40.9 Å². The van der Waals surface area contributed by atoms with Gasteiger partial charge in [0.25, 0.3) is 5.91 Å². The first-order valence-corrected chi connectivity index (χ1v) is 9.85. The van der Waals surface area contributed by atoms with E-state index < -0.39 is 0 Å². The molecule has 0 spiro atoms. The molecule has 3 heterocycles. The van der Waals surface area contributed by atoms with Crippen molar-refractivity contribution < 1.29 is 4.79 Å². The lowest BCUT2D eigenvalue weighted by Gasteiger charge is -2.11. The maximum atomic E-state index is 12.4. The number of carbonyl (C=O) groups is 1. The van der Waals surface area contributed by atoms with Crippen molar-refractivity contribution in [1.29, 1.82) is 0 Å². The summed E-state index contributed by atoms with van der Waals surface area (Å²) in [6, 6.07) is 10.9. The molecule has 0 aliphatic rings. The van der Waals surface area contributed by atoms with Gasteiger partial charge in [0.05, 0.1) is 11.0 Å². The smallest absolute Gasteiger partial charge is 0.251 e. The number of benzene rings is 1. The van der Waals surface area contributed by atoms with Crippen LogP contribution in [0.1, 0.15) is 21.7 Å². The number of nitrogens with one attached hydrogen (secondary N) is 3. The van der Waals surface area contributed by atoms with E-state index in [-0.39, 0.29) is 5.91 Å². The summed E-state index contributed by atoms with van der Waals surface area (Å²) in [4.78, 5) is 33.9. The lowest BCUT2D eigenvalue weighted by Crippen LogP contribution is -2.29. The van der Waals surface area contributed by atoms with Crippen LogP contribution >= 0.6 is 0 Å². The molecule has 0 unspecified atom stereocenters. The van der Waals surface area contributed by atoms with Crippen LogP contribution in [-0.2, 0) is 0 Å². The molecule has 4 rings (SSSR count). The third-order valence-electron chi connectivity index (χ3n) is 4.46. The predicted octanol–water partition coefficient (Wildman–Crippen LogP) is 3.02. The van der Waals surface area contributed by atoms with Crippen LogP contribution in [0.25, 0.3) is 11.0 Å². The van der Waals surface area contributed by atoms with Crippen LogP contribution in [0.5, 0.6) is 0 Å². The zero-order valence-electron chi connectivity index (χ0n) is 17.3. The molecule has 9 nitrogen and oxygen atoms in total. The number of aromatic nitrogens is 5. The van der Waals surface area contributed by atoms with E-state index in [9.17, 15) is 4.79 Å². The van der Waals surface area contributed by atoms with Gasteiger partial charge in [0, 0.05) is 43.3 Å². The number of anilines is 3. The molecule has 9 heteroatoms. The summed E-state index contributed by atoms with van der Waals surface area (Å²) in [5, 5.41) is 9.29. The summed E-state index contributed by atoms with van der Waals surface area (Å²) in [7, 11) is 0. The third kappa shape index (κ3) is 5.27. The molecule has 31 heavy (non-hydrogen) atoms. The van der Waals surface area contributed by atoms with Gasteiger partial charge in [-0.3, -0.25) is 14.8 Å². The van der Waals surface area contributed by atoms with E-state index in [0.717, 1.165) is 16.9 Å². The number of hydrogen-bond donors (Lipinski definition) is 3. The SMILES string of the molecule is Cc1ccnc(Nc2cc(NCCNC(=O)c3ccc4nccnc4c3)nc(C)n2)c1. The van der Waals surface area contributed by atoms with Crippen molar-refractivity contribution in [3.8, 4) is 0 Å². The van der Waals surface area contributed by atoms with Gasteiger partial charge in [0.15, 0.2) is 0 Å². The van der Waals surface area contributed by atoms with Crippen molar-refractivity contribution in [2.75, 3.05) is 23.7 Å². The van der Waals surface area contributed by atoms with Crippen molar-refractivity contribution >= 4 is 34.4 Å². The molecule has 3 N–H and O–H groups in total. The highest BCUT2D eigenvalue weighted by molar-refractivity contribution is 5.97. The summed E-state index contributed by atoms with van der Waals surface area (Å²) < 4.78 is 0. The molecule has 0 saturated heterocycles. The molecule has 0 aliphatic carbocycles. The van der Waals surface area contributed by atoms with Crippen molar-refractivity contribution in [3.05, 3.63) is 71.9 Å². The molecule has 1 aromatic carbocycles. The summed E-state index contributed by atoms with van der Waals surface area (Å²) in [5.74, 6) is 2.49. The van der Waals surface area contributed by atoms with E-state index in [0.29, 0.717) is 41.6 Å². The van der Waals surface area contributed by atoms with Crippen LogP contribution in [-0.4, -0.2) is 43.9 Å². The monoisotopic (exact) mass is 414 g/mol. The Morgan fingerprint density at radius 3 is 2.45 bits per heavy atom. The van der Waals surface area contributed by atoms with Gasteiger partial charge >= 0.3 is 0 Å². The summed E-state index contributed by atoms with van der Waals surface area (Å²) in [5.41, 5.74) is 3.09. The Morgan fingerprint density at radius 1 is 0.806 bits per heavy atom. The highest BCUT2D eigenvalue weighted by atomic mass is 16.1. The fraction of sp³-hybridized carbons (Fsp3) is 0.182. The topological polar surface area (TPSA) is 118 Å². The molecule has 0 atom stereocenters. The van der Waals surface area contributed by atoms with Crippen LogP contribution < -0.4 is 16.0 Å². The van der Waals surface area contributed by atoms with Gasteiger partial charge in [-0.25, -0.2) is 15.0 Å². The standard InChI is InChI=1S/C22H22N8O/c1-14-5-6-25-19(11-14)30-21-13-20(28-15(2)29-21)26-9-10-27-22(31)16-3-4-17-18(12-16)24-8-7-23-17/h3-8,11-13H,9-10H2,1-2H3,(H,27,31)(H2,25,26,28,29,30). The van der Waals surface area contributed by atoms with Crippen LogP contribution in [0.15, 0.2) is 55.0 Å². The average Bonchev–Trinajstić information content (AvgIpc) is 2.76. The first-order valence-electron chi connectivity index (χ1n) is 9.85. The van der Waals surface area contributed by atoms with Gasteiger partial charge in [0.2, 0.25) is 0 Å². The van der Waals surface area contributed by atoms with E-state index in [1.54, 1.807) is 42.9 Å². The summed E-state index contributed by atoms with van der Waals surface area (Å²) in [6.45, 7) is 4.77. The highest BCUT2D eigenvalue weighted by Gasteiger charge is 2.07. The van der Waals surface area contributed by atoms with Gasteiger partial charge < -0.3 is 16.0 Å². The van der Waals surface area contributed by atoms with Gasteiger partial charge in [0.1, 0.15) is 23.3 Å². The molecule has 156 valence electrons. The molecule has 1 amide bonds. The predicted molar refractivity (Wildman–Crippen MR) is 119 cm³/mol. The number of carbonyl (C=O) groups excluding carboxylic acids is 1. The lowest BCUT2D eigenvalue weighted by atomic mass is 10.2. The van der Waals surface area contributed by atoms with Gasteiger partial charge in [-0.1, -0.05) is 0 Å². The molecule has 4 aromatic rings. The zero-order chi connectivity index (χ0) is 21.6. The molecule has 3 aromatic heterocycles. The van der Waals surface area contributed by atoms with Crippen molar-refractivity contribution in [2.45, 2.75) is 13.8 Å². The van der Waals surface area contributed by atoms with Crippen molar-refractivity contribution in [2.24, 2.45) is 0 Å². The van der Waals surface area contributed by atoms with Crippen molar-refractivity contribution in [3.63, 3.8) is 0 Å². The minimum Gasteiger partial charge on any atom is -0.368 e. The largest absolute Gasteiger partial charge is 0.368 e. The highest BCUT2D eigenvalue weighted by Crippen LogP contribution is 2.16. The second-order valence-corrected chi connectivity index (χ2v) is 6.97. The number of rotatable bonds is 7. The first kappa shape index (κ1) is 20.1. The summed E-state index contributed by atoms with van der Waals surface area (Å²) in [6.07, 6.45) is 4.98. The van der Waals surface area contributed by atoms with Crippen LogP contribution in [0.4, 0.5) is 17.5 Å². The Kier molecular flexibility index (Phi) is 5.93. The quantitative estimate of drug-likeness (QED) is 0.395. The van der Waals surface area contributed by atoms with Gasteiger partial charge in [-0.2, -0.15) is 0 Å². The molecule has 0 saturated carbocycles.